The zero-order chi connectivity index (χ0) is 23.6. The van der Waals surface area contributed by atoms with Crippen molar-refractivity contribution in [3.05, 3.63) is 53.1 Å². The summed E-state index contributed by atoms with van der Waals surface area (Å²) in [5.74, 6) is -0.989. The van der Waals surface area contributed by atoms with Gasteiger partial charge in [0, 0.05) is 37.2 Å². The third-order valence-electron chi connectivity index (χ3n) is 5.22. The van der Waals surface area contributed by atoms with Crippen LogP contribution >= 0.6 is 11.6 Å². The van der Waals surface area contributed by atoms with Crippen molar-refractivity contribution in [1.29, 1.82) is 0 Å². The number of benzene rings is 2. The van der Waals surface area contributed by atoms with Gasteiger partial charge in [0.15, 0.2) is 0 Å². The van der Waals surface area contributed by atoms with Gasteiger partial charge in [-0.2, -0.15) is 4.31 Å². The Kier molecular flexibility index (Phi) is 6.66. The van der Waals surface area contributed by atoms with Crippen LogP contribution in [0.1, 0.15) is 23.2 Å². The van der Waals surface area contributed by atoms with Crippen molar-refractivity contribution in [3.8, 4) is 0 Å². The molecule has 2 aliphatic rings. The molecule has 2 aromatic carbocycles. The van der Waals surface area contributed by atoms with Crippen LogP contribution in [0.15, 0.2) is 47.4 Å². The topological polar surface area (TPSA) is 125 Å². The lowest BCUT2D eigenvalue weighted by Crippen LogP contribution is -2.50. The van der Waals surface area contributed by atoms with E-state index in [0.717, 1.165) is 5.01 Å². The maximum Gasteiger partial charge on any atom is 0.255 e. The third-order valence-corrected chi connectivity index (χ3v) is 7.60. The maximum absolute atomic E-state index is 13.0. The highest BCUT2D eigenvalue weighted by atomic mass is 35.5. The number of halogens is 1. The lowest BCUT2D eigenvalue weighted by molar-refractivity contribution is -0.130. The number of carbonyl (C=O) groups is 3. The number of rotatable bonds is 5. The van der Waals surface area contributed by atoms with Crippen LogP contribution in [0.25, 0.3) is 0 Å². The second-order valence-electron chi connectivity index (χ2n) is 7.43. The van der Waals surface area contributed by atoms with E-state index in [2.05, 4.69) is 10.7 Å². The first-order valence-electron chi connectivity index (χ1n) is 10.2. The molecule has 0 bridgehead atoms. The van der Waals surface area contributed by atoms with Gasteiger partial charge in [0.25, 0.3) is 5.91 Å². The van der Waals surface area contributed by atoms with Crippen LogP contribution < -0.4 is 15.8 Å². The molecule has 0 aromatic heterocycles. The van der Waals surface area contributed by atoms with E-state index in [1.807, 2.05) is 0 Å². The van der Waals surface area contributed by atoms with Crippen molar-refractivity contribution in [2.45, 2.75) is 17.7 Å². The number of anilines is 2. The van der Waals surface area contributed by atoms with Gasteiger partial charge in [0.05, 0.1) is 23.9 Å². The Bertz CT molecular complexity index is 1200. The second kappa shape index (κ2) is 9.48. The highest BCUT2D eigenvalue weighted by Crippen LogP contribution is 2.28. The van der Waals surface area contributed by atoms with E-state index in [4.69, 9.17) is 16.3 Å². The monoisotopic (exact) mass is 492 g/mol. The molecule has 2 heterocycles. The van der Waals surface area contributed by atoms with Crippen molar-refractivity contribution >= 4 is 50.7 Å². The molecule has 0 unspecified atom stereocenters. The van der Waals surface area contributed by atoms with E-state index in [1.165, 1.54) is 46.8 Å². The van der Waals surface area contributed by atoms with Gasteiger partial charge in [0.2, 0.25) is 21.8 Å². The Hall–Kier alpha value is -2.99. The molecular formula is C21H21ClN4O6S. The van der Waals surface area contributed by atoms with Crippen molar-refractivity contribution in [2.24, 2.45) is 0 Å². The molecule has 33 heavy (non-hydrogen) atoms. The smallest absolute Gasteiger partial charge is 0.255 e. The second-order valence-corrected chi connectivity index (χ2v) is 9.74. The summed E-state index contributed by atoms with van der Waals surface area (Å²) in [6, 6.07) is 10.3. The summed E-state index contributed by atoms with van der Waals surface area (Å²) in [5.41, 5.74) is 3.46. The summed E-state index contributed by atoms with van der Waals surface area (Å²) in [6.45, 7) is 1.05. The molecule has 4 rings (SSSR count). The molecule has 2 aromatic rings. The highest BCUT2D eigenvalue weighted by Gasteiger charge is 2.29. The first kappa shape index (κ1) is 23.2. The molecule has 12 heteroatoms. The number of nitrogens with one attached hydrogen (secondary N) is 2. The Labute approximate surface area is 195 Å². The fourth-order valence-electron chi connectivity index (χ4n) is 3.45. The molecule has 0 saturated carbocycles. The molecule has 2 aliphatic heterocycles. The fraction of sp³-hybridized carbons (Fsp3) is 0.286. The Morgan fingerprint density at radius 2 is 1.73 bits per heavy atom. The summed E-state index contributed by atoms with van der Waals surface area (Å²) in [7, 11) is -3.85. The number of nitrogens with zero attached hydrogens (tertiary/aromatic N) is 2. The van der Waals surface area contributed by atoms with Crippen LogP contribution in [-0.4, -0.2) is 56.7 Å². The van der Waals surface area contributed by atoms with Crippen LogP contribution in [0.5, 0.6) is 0 Å². The van der Waals surface area contributed by atoms with Crippen LogP contribution in [-0.2, 0) is 24.3 Å². The molecule has 2 N–H and O–H groups in total. The van der Waals surface area contributed by atoms with Crippen LogP contribution in [0.2, 0.25) is 5.02 Å². The van der Waals surface area contributed by atoms with Gasteiger partial charge in [-0.1, -0.05) is 11.6 Å². The predicted molar refractivity (Wildman–Crippen MR) is 120 cm³/mol. The molecule has 0 atom stereocenters. The number of morpholine rings is 1. The molecule has 3 amide bonds. The summed E-state index contributed by atoms with van der Waals surface area (Å²) in [6.07, 6.45) is 0.250. The number of carbonyl (C=O) groups excluding carboxylic acids is 3. The standard InChI is InChI=1S/C21H21ClN4O6S/c22-17-6-3-15(13-18(17)33(30,31)25-9-11-32-12-10-25)23-21(29)14-1-4-16(5-2-14)26-20(28)8-7-19(27)24-26/h1-6,13H,7-12H2,(H,23,29)(H,24,27). The average Bonchev–Trinajstić information content (AvgIpc) is 2.82. The maximum atomic E-state index is 13.0. The fourth-order valence-corrected chi connectivity index (χ4v) is 5.36. The number of sulfonamides is 1. The van der Waals surface area contributed by atoms with Gasteiger partial charge < -0.3 is 10.1 Å². The van der Waals surface area contributed by atoms with E-state index in [1.54, 1.807) is 0 Å². The summed E-state index contributed by atoms with van der Waals surface area (Å²) < 4.78 is 32.4. The number of amides is 3. The number of ether oxygens (including phenoxy) is 1. The zero-order valence-electron chi connectivity index (χ0n) is 17.4. The largest absolute Gasteiger partial charge is 0.379 e. The molecule has 10 nitrogen and oxygen atoms in total. The Morgan fingerprint density at radius 3 is 2.42 bits per heavy atom. The van der Waals surface area contributed by atoms with Crippen LogP contribution in [0.3, 0.4) is 0 Å². The minimum absolute atomic E-state index is 0.0529. The van der Waals surface area contributed by atoms with Crippen molar-refractivity contribution in [1.82, 2.24) is 9.73 Å². The van der Waals surface area contributed by atoms with Crippen molar-refractivity contribution < 1.29 is 27.5 Å². The third kappa shape index (κ3) is 5.01. The van der Waals surface area contributed by atoms with Gasteiger partial charge in [-0.15, -0.1) is 0 Å². The highest BCUT2D eigenvalue weighted by molar-refractivity contribution is 7.89. The SMILES string of the molecule is O=C1CCC(=O)N(c2ccc(C(=O)Nc3ccc(Cl)c(S(=O)(=O)N4CCOCC4)c3)cc2)N1. The number of hydrazine groups is 1. The van der Waals surface area contributed by atoms with Crippen LogP contribution in [0.4, 0.5) is 11.4 Å². The van der Waals surface area contributed by atoms with Crippen LogP contribution in [0, 0.1) is 0 Å². The minimum Gasteiger partial charge on any atom is -0.379 e. The average molecular weight is 493 g/mol. The molecule has 174 valence electrons. The van der Waals surface area contributed by atoms with Gasteiger partial charge >= 0.3 is 0 Å². The Morgan fingerprint density at radius 1 is 1.03 bits per heavy atom. The Balaban J connectivity index is 1.50. The first-order chi connectivity index (χ1) is 15.8. The molecule has 0 spiro atoms. The van der Waals surface area contributed by atoms with E-state index in [9.17, 15) is 22.8 Å². The van der Waals surface area contributed by atoms with Gasteiger partial charge in [0.1, 0.15) is 4.90 Å². The molecule has 2 saturated heterocycles. The van der Waals surface area contributed by atoms with Gasteiger partial charge in [-0.05, 0) is 42.5 Å². The number of hydrogen-bond acceptors (Lipinski definition) is 6. The van der Waals surface area contributed by atoms with E-state index in [0.29, 0.717) is 18.9 Å². The minimum atomic E-state index is -3.85. The summed E-state index contributed by atoms with van der Waals surface area (Å²) in [4.78, 5) is 36.2. The number of hydrogen-bond donors (Lipinski definition) is 2. The summed E-state index contributed by atoms with van der Waals surface area (Å²) in [5, 5.41) is 3.86. The molecule has 2 fully saturated rings. The molecule has 0 aliphatic carbocycles. The van der Waals surface area contributed by atoms with Crippen molar-refractivity contribution in [2.75, 3.05) is 36.6 Å². The van der Waals surface area contributed by atoms with Gasteiger partial charge in [-0.3, -0.25) is 19.8 Å². The molecule has 0 radical (unpaired) electrons. The summed E-state index contributed by atoms with van der Waals surface area (Å²) >= 11 is 6.15. The predicted octanol–water partition coefficient (Wildman–Crippen LogP) is 1.77. The van der Waals surface area contributed by atoms with E-state index >= 15 is 0 Å². The van der Waals surface area contributed by atoms with E-state index in [-0.39, 0.29) is 58.9 Å². The lowest BCUT2D eigenvalue weighted by Gasteiger charge is -2.27. The zero-order valence-corrected chi connectivity index (χ0v) is 19.0. The first-order valence-corrected chi connectivity index (χ1v) is 12.0. The quantitative estimate of drug-likeness (QED) is 0.655. The van der Waals surface area contributed by atoms with Gasteiger partial charge in [-0.25, -0.2) is 13.4 Å². The lowest BCUT2D eigenvalue weighted by atomic mass is 10.1. The normalized spacial score (nSPS) is 17.5. The van der Waals surface area contributed by atoms with Crippen molar-refractivity contribution in [3.63, 3.8) is 0 Å². The molecular weight excluding hydrogens is 472 g/mol. The van der Waals surface area contributed by atoms with E-state index < -0.39 is 15.9 Å².